The molecule has 0 heterocycles. The van der Waals surface area contributed by atoms with Gasteiger partial charge in [0, 0.05) is 5.02 Å². The van der Waals surface area contributed by atoms with Crippen LogP contribution in [0.3, 0.4) is 0 Å². The van der Waals surface area contributed by atoms with Gasteiger partial charge in [-0.05, 0) is 59.4 Å². The van der Waals surface area contributed by atoms with Crippen LogP contribution in [-0.4, -0.2) is 12.2 Å². The summed E-state index contributed by atoms with van der Waals surface area (Å²) in [6.45, 7) is 0. The molecule has 0 fully saturated rings. The molecule has 1 atom stereocenters. The summed E-state index contributed by atoms with van der Waals surface area (Å²) in [4.78, 5) is 0. The summed E-state index contributed by atoms with van der Waals surface area (Å²) in [6.07, 6.45) is 3.27. The number of aliphatic hydroxyl groups is 1. The van der Waals surface area contributed by atoms with E-state index in [1.165, 1.54) is 0 Å². The van der Waals surface area contributed by atoms with Crippen LogP contribution in [0.15, 0.2) is 48.0 Å². The second kappa shape index (κ2) is 5.92. The molecule has 0 aromatic heterocycles. The van der Waals surface area contributed by atoms with Crippen LogP contribution in [0.5, 0.6) is 5.75 Å². The molecule has 1 aliphatic carbocycles. The minimum Gasteiger partial charge on any atom is -0.497 e. The van der Waals surface area contributed by atoms with Gasteiger partial charge in [-0.3, -0.25) is 0 Å². The van der Waals surface area contributed by atoms with Gasteiger partial charge in [0.1, 0.15) is 11.9 Å². The van der Waals surface area contributed by atoms with E-state index in [1.807, 2.05) is 48.5 Å². The van der Waals surface area contributed by atoms with Crippen molar-refractivity contribution in [2.45, 2.75) is 18.9 Å². The Labute approximate surface area is 129 Å². The molecule has 2 aromatic rings. The lowest BCUT2D eigenvalue weighted by Crippen LogP contribution is -2.12. The van der Waals surface area contributed by atoms with Gasteiger partial charge in [0.2, 0.25) is 0 Å². The van der Waals surface area contributed by atoms with E-state index < -0.39 is 6.10 Å². The molecule has 21 heavy (non-hydrogen) atoms. The Hall–Kier alpha value is -1.77. The maximum atomic E-state index is 10.6. The first-order valence-electron chi connectivity index (χ1n) is 6.98. The average molecular weight is 301 g/mol. The number of aryl methyl sites for hydroxylation is 1. The molecule has 0 bridgehead atoms. The highest BCUT2D eigenvalue weighted by atomic mass is 35.5. The number of aliphatic hydroxyl groups excluding tert-OH is 1. The van der Waals surface area contributed by atoms with Crippen LogP contribution >= 0.6 is 11.6 Å². The summed E-state index contributed by atoms with van der Waals surface area (Å²) in [7, 11) is 1.66. The number of hydrogen-bond donors (Lipinski definition) is 1. The van der Waals surface area contributed by atoms with Crippen molar-refractivity contribution in [3.8, 4) is 5.75 Å². The molecule has 0 saturated carbocycles. The molecule has 3 heteroatoms. The molecule has 1 N–H and O–H groups in total. The first-order chi connectivity index (χ1) is 10.2. The van der Waals surface area contributed by atoms with Crippen LogP contribution in [-0.2, 0) is 6.42 Å². The zero-order chi connectivity index (χ0) is 14.8. The molecule has 0 saturated heterocycles. The average Bonchev–Trinajstić information content (AvgIpc) is 2.52. The number of rotatable bonds is 2. The number of ether oxygens (including phenoxy) is 1. The van der Waals surface area contributed by atoms with Gasteiger partial charge in [0.25, 0.3) is 0 Å². The molecule has 0 spiro atoms. The Bertz CT molecular complexity index is 674. The molecule has 2 nitrogen and oxygen atoms in total. The van der Waals surface area contributed by atoms with Crippen LogP contribution in [0.1, 0.15) is 29.2 Å². The Morgan fingerprint density at radius 1 is 1.14 bits per heavy atom. The molecule has 0 amide bonds. The number of benzene rings is 2. The van der Waals surface area contributed by atoms with E-state index in [0.29, 0.717) is 0 Å². The van der Waals surface area contributed by atoms with Crippen LogP contribution in [0.2, 0.25) is 5.02 Å². The standard InChI is InChI=1S/C18H17ClO2/c1-21-16-8-9-17-13(11-16)4-5-14(18(17)20)10-12-2-6-15(19)7-3-12/h2-3,6-11,18,20H,4-5H2,1H3. The Morgan fingerprint density at radius 2 is 1.90 bits per heavy atom. The van der Waals surface area contributed by atoms with Crippen molar-refractivity contribution in [1.29, 1.82) is 0 Å². The molecule has 2 aromatic carbocycles. The smallest absolute Gasteiger partial charge is 0.119 e. The lowest BCUT2D eigenvalue weighted by Gasteiger charge is -2.25. The summed E-state index contributed by atoms with van der Waals surface area (Å²) in [5, 5.41) is 11.3. The highest BCUT2D eigenvalue weighted by molar-refractivity contribution is 6.30. The summed E-state index contributed by atoms with van der Waals surface area (Å²) in [6, 6.07) is 13.5. The predicted octanol–water partition coefficient (Wildman–Crippen LogP) is 4.41. The monoisotopic (exact) mass is 300 g/mol. The number of hydrogen-bond acceptors (Lipinski definition) is 2. The van der Waals surface area contributed by atoms with Crippen molar-refractivity contribution < 1.29 is 9.84 Å². The van der Waals surface area contributed by atoms with E-state index in [-0.39, 0.29) is 0 Å². The van der Waals surface area contributed by atoms with Gasteiger partial charge in [-0.1, -0.05) is 35.9 Å². The number of fused-ring (bicyclic) bond motifs is 1. The molecular formula is C18H17ClO2. The molecule has 108 valence electrons. The molecular weight excluding hydrogens is 284 g/mol. The summed E-state index contributed by atoms with van der Waals surface area (Å²) in [5.41, 5.74) is 4.23. The Kier molecular flexibility index (Phi) is 4.00. The first-order valence-corrected chi connectivity index (χ1v) is 7.36. The van der Waals surface area contributed by atoms with Crippen molar-refractivity contribution in [3.63, 3.8) is 0 Å². The van der Waals surface area contributed by atoms with Gasteiger partial charge in [0.15, 0.2) is 0 Å². The third kappa shape index (κ3) is 2.97. The number of methoxy groups -OCH3 is 1. The van der Waals surface area contributed by atoms with E-state index in [4.69, 9.17) is 16.3 Å². The SMILES string of the molecule is COc1ccc2c(c1)CCC(=Cc1ccc(Cl)cc1)C2O. The molecule has 0 aliphatic heterocycles. The first kappa shape index (κ1) is 14.2. The summed E-state index contributed by atoms with van der Waals surface area (Å²) >= 11 is 5.90. The van der Waals surface area contributed by atoms with Crippen molar-refractivity contribution in [3.05, 3.63) is 69.8 Å². The topological polar surface area (TPSA) is 29.5 Å². The van der Waals surface area contributed by atoms with Gasteiger partial charge in [0.05, 0.1) is 7.11 Å². The highest BCUT2D eigenvalue weighted by Gasteiger charge is 2.22. The van der Waals surface area contributed by atoms with E-state index in [1.54, 1.807) is 7.11 Å². The fourth-order valence-corrected chi connectivity index (χ4v) is 2.86. The lowest BCUT2D eigenvalue weighted by molar-refractivity contribution is 0.206. The molecule has 1 aliphatic rings. The molecule has 1 unspecified atom stereocenters. The third-order valence-corrected chi connectivity index (χ3v) is 4.15. The molecule has 0 radical (unpaired) electrons. The van der Waals surface area contributed by atoms with E-state index in [2.05, 4.69) is 0 Å². The second-order valence-electron chi connectivity index (χ2n) is 5.24. The van der Waals surface area contributed by atoms with Crippen molar-refractivity contribution >= 4 is 17.7 Å². The Morgan fingerprint density at radius 3 is 2.62 bits per heavy atom. The van der Waals surface area contributed by atoms with E-state index in [0.717, 1.165) is 45.9 Å². The van der Waals surface area contributed by atoms with Gasteiger partial charge < -0.3 is 9.84 Å². The van der Waals surface area contributed by atoms with Crippen LogP contribution in [0.4, 0.5) is 0 Å². The Balaban J connectivity index is 1.91. The second-order valence-corrected chi connectivity index (χ2v) is 5.67. The van der Waals surface area contributed by atoms with Gasteiger partial charge in [-0.2, -0.15) is 0 Å². The van der Waals surface area contributed by atoms with Gasteiger partial charge in [-0.15, -0.1) is 0 Å². The fraction of sp³-hybridized carbons (Fsp3) is 0.222. The van der Waals surface area contributed by atoms with E-state index in [9.17, 15) is 5.11 Å². The maximum Gasteiger partial charge on any atom is 0.119 e. The highest BCUT2D eigenvalue weighted by Crippen LogP contribution is 2.36. The third-order valence-electron chi connectivity index (χ3n) is 3.90. The quantitative estimate of drug-likeness (QED) is 0.890. The van der Waals surface area contributed by atoms with Crippen molar-refractivity contribution in [1.82, 2.24) is 0 Å². The lowest BCUT2D eigenvalue weighted by atomic mass is 9.84. The minimum atomic E-state index is -0.546. The van der Waals surface area contributed by atoms with Crippen molar-refractivity contribution in [2.75, 3.05) is 7.11 Å². The van der Waals surface area contributed by atoms with Crippen LogP contribution < -0.4 is 4.74 Å². The largest absolute Gasteiger partial charge is 0.497 e. The summed E-state index contributed by atoms with van der Waals surface area (Å²) in [5.74, 6) is 0.839. The number of halogens is 1. The van der Waals surface area contributed by atoms with Crippen LogP contribution in [0.25, 0.3) is 6.08 Å². The zero-order valence-electron chi connectivity index (χ0n) is 11.8. The molecule has 3 rings (SSSR count). The normalized spacial score (nSPS) is 19.4. The maximum absolute atomic E-state index is 10.6. The van der Waals surface area contributed by atoms with Gasteiger partial charge >= 0.3 is 0 Å². The zero-order valence-corrected chi connectivity index (χ0v) is 12.6. The fourth-order valence-electron chi connectivity index (χ4n) is 2.73. The van der Waals surface area contributed by atoms with E-state index >= 15 is 0 Å². The predicted molar refractivity (Wildman–Crippen MR) is 85.7 cm³/mol. The summed E-state index contributed by atoms with van der Waals surface area (Å²) < 4.78 is 5.24. The van der Waals surface area contributed by atoms with Gasteiger partial charge in [-0.25, -0.2) is 0 Å². The van der Waals surface area contributed by atoms with Crippen molar-refractivity contribution in [2.24, 2.45) is 0 Å². The van der Waals surface area contributed by atoms with Crippen LogP contribution in [0, 0.1) is 0 Å². The minimum absolute atomic E-state index is 0.546.